The molecule has 2 aliphatic heterocycles. The third-order valence-electron chi connectivity index (χ3n) is 5.62. The lowest BCUT2D eigenvalue weighted by atomic mass is 9.82. The molecule has 4 rings (SSSR count). The number of amides is 4. The summed E-state index contributed by atoms with van der Waals surface area (Å²) >= 11 is 0. The van der Waals surface area contributed by atoms with Crippen LogP contribution in [0.25, 0.3) is 0 Å². The van der Waals surface area contributed by atoms with Crippen molar-refractivity contribution < 1.29 is 14.4 Å². The Bertz CT molecular complexity index is 1050. The zero-order valence-corrected chi connectivity index (χ0v) is 16.2. The van der Waals surface area contributed by atoms with Crippen molar-refractivity contribution in [3.05, 3.63) is 64.7 Å². The number of nitriles is 1. The zero-order valence-electron chi connectivity index (χ0n) is 16.2. The molecular weight excluding hydrogens is 368 g/mol. The van der Waals surface area contributed by atoms with E-state index < -0.39 is 17.2 Å². The number of nitrogens with zero attached hydrogens (tertiary/aromatic N) is 3. The Morgan fingerprint density at radius 3 is 2.34 bits per heavy atom. The average Bonchev–Trinajstić information content (AvgIpc) is 2.97. The maximum absolute atomic E-state index is 12.7. The molecule has 4 amide bonds. The molecule has 1 atom stereocenters. The van der Waals surface area contributed by atoms with E-state index in [4.69, 9.17) is 0 Å². The molecule has 0 radical (unpaired) electrons. The molecule has 2 aromatic rings. The third kappa shape index (κ3) is 2.93. The summed E-state index contributed by atoms with van der Waals surface area (Å²) in [5.41, 5.74) is 1.85. The summed E-state index contributed by atoms with van der Waals surface area (Å²) in [4.78, 5) is 40.4. The van der Waals surface area contributed by atoms with E-state index in [9.17, 15) is 19.6 Å². The predicted molar refractivity (Wildman–Crippen MR) is 106 cm³/mol. The van der Waals surface area contributed by atoms with E-state index in [-0.39, 0.29) is 12.6 Å². The molecule has 0 saturated carbocycles. The van der Waals surface area contributed by atoms with Crippen LogP contribution in [0.2, 0.25) is 0 Å². The highest BCUT2D eigenvalue weighted by molar-refractivity contribution is 6.21. The molecule has 1 N–H and O–H groups in total. The number of rotatable bonds is 4. The summed E-state index contributed by atoms with van der Waals surface area (Å²) in [6.45, 7) is 4.64. The van der Waals surface area contributed by atoms with Gasteiger partial charge in [-0.3, -0.25) is 14.5 Å². The smallest absolute Gasteiger partial charge is 0.320 e. The molecule has 7 nitrogen and oxygen atoms in total. The van der Waals surface area contributed by atoms with Crippen molar-refractivity contribution in [1.29, 1.82) is 5.26 Å². The fourth-order valence-electron chi connectivity index (χ4n) is 3.79. The SMILES string of the molecule is CCN1Cc2ccc(C(C)(C#N)CN3C(=O)c4ccccc4C3=O)cc2NC1=O. The van der Waals surface area contributed by atoms with Crippen molar-refractivity contribution in [3.63, 3.8) is 0 Å². The van der Waals surface area contributed by atoms with Crippen molar-refractivity contribution in [1.82, 2.24) is 9.80 Å². The Hall–Kier alpha value is -3.66. The Balaban J connectivity index is 1.65. The van der Waals surface area contributed by atoms with Gasteiger partial charge in [0.2, 0.25) is 0 Å². The number of hydrogen-bond acceptors (Lipinski definition) is 4. The van der Waals surface area contributed by atoms with Crippen LogP contribution in [0.3, 0.4) is 0 Å². The summed E-state index contributed by atoms with van der Waals surface area (Å²) in [6, 6.07) is 14.2. The van der Waals surface area contributed by atoms with Crippen LogP contribution in [0.4, 0.5) is 10.5 Å². The van der Waals surface area contributed by atoms with Crippen molar-refractivity contribution in [2.45, 2.75) is 25.8 Å². The fourth-order valence-corrected chi connectivity index (χ4v) is 3.79. The van der Waals surface area contributed by atoms with Crippen molar-refractivity contribution >= 4 is 23.5 Å². The second-order valence-corrected chi connectivity index (χ2v) is 7.50. The lowest BCUT2D eigenvalue weighted by molar-refractivity contribution is 0.0633. The minimum Gasteiger partial charge on any atom is -0.320 e. The predicted octanol–water partition coefficient (Wildman–Crippen LogP) is 3.13. The summed E-state index contributed by atoms with van der Waals surface area (Å²) in [6.07, 6.45) is 0. The molecule has 0 bridgehead atoms. The number of carbonyl (C=O) groups is 3. The van der Waals surface area contributed by atoms with E-state index in [2.05, 4.69) is 11.4 Å². The van der Waals surface area contributed by atoms with Gasteiger partial charge in [-0.1, -0.05) is 24.3 Å². The topological polar surface area (TPSA) is 93.5 Å². The van der Waals surface area contributed by atoms with Crippen molar-refractivity contribution in [2.75, 3.05) is 18.4 Å². The molecule has 0 spiro atoms. The van der Waals surface area contributed by atoms with Gasteiger partial charge in [0.25, 0.3) is 11.8 Å². The van der Waals surface area contributed by atoms with Crippen LogP contribution in [0, 0.1) is 11.3 Å². The van der Waals surface area contributed by atoms with Gasteiger partial charge in [-0.25, -0.2) is 4.79 Å². The van der Waals surface area contributed by atoms with Crippen LogP contribution in [0.15, 0.2) is 42.5 Å². The van der Waals surface area contributed by atoms with Gasteiger partial charge in [0.15, 0.2) is 0 Å². The molecule has 29 heavy (non-hydrogen) atoms. The van der Waals surface area contributed by atoms with Crippen LogP contribution in [-0.4, -0.2) is 40.7 Å². The van der Waals surface area contributed by atoms with Crippen molar-refractivity contribution in [3.8, 4) is 6.07 Å². The van der Waals surface area contributed by atoms with Crippen LogP contribution in [0.1, 0.15) is 45.7 Å². The van der Waals surface area contributed by atoms with Crippen LogP contribution < -0.4 is 5.32 Å². The highest BCUT2D eigenvalue weighted by Crippen LogP contribution is 2.33. The van der Waals surface area contributed by atoms with Crippen molar-refractivity contribution in [2.24, 2.45) is 0 Å². The van der Waals surface area contributed by atoms with Gasteiger partial charge in [0.1, 0.15) is 0 Å². The Morgan fingerprint density at radius 2 is 1.76 bits per heavy atom. The zero-order chi connectivity index (χ0) is 20.8. The molecule has 7 heteroatoms. The number of anilines is 1. The largest absolute Gasteiger partial charge is 0.322 e. The lowest BCUT2D eigenvalue weighted by Gasteiger charge is -2.31. The molecule has 2 aliphatic rings. The molecule has 0 saturated heterocycles. The first-order valence-corrected chi connectivity index (χ1v) is 9.44. The second-order valence-electron chi connectivity index (χ2n) is 7.50. The molecule has 2 heterocycles. The van der Waals surface area contributed by atoms with Gasteiger partial charge < -0.3 is 10.2 Å². The van der Waals surface area contributed by atoms with E-state index in [0.717, 1.165) is 10.5 Å². The van der Waals surface area contributed by atoms with Crippen LogP contribution in [-0.2, 0) is 12.0 Å². The van der Waals surface area contributed by atoms with E-state index in [1.54, 1.807) is 42.2 Å². The normalized spacial score (nSPS) is 17.3. The van der Waals surface area contributed by atoms with Gasteiger partial charge >= 0.3 is 6.03 Å². The molecule has 0 fully saturated rings. The third-order valence-corrected chi connectivity index (χ3v) is 5.62. The van der Waals surface area contributed by atoms with Gasteiger partial charge in [0.05, 0.1) is 29.2 Å². The Labute approximate surface area is 168 Å². The van der Waals surface area contributed by atoms with Gasteiger partial charge in [-0.05, 0) is 43.2 Å². The number of urea groups is 1. The van der Waals surface area contributed by atoms with Gasteiger partial charge in [-0.15, -0.1) is 0 Å². The first kappa shape index (κ1) is 18.7. The monoisotopic (exact) mass is 388 g/mol. The van der Waals surface area contributed by atoms with Gasteiger partial charge in [-0.2, -0.15) is 5.26 Å². The number of imide groups is 1. The highest BCUT2D eigenvalue weighted by Gasteiger charge is 2.41. The van der Waals surface area contributed by atoms with E-state index in [1.807, 2.05) is 19.1 Å². The van der Waals surface area contributed by atoms with Crippen LogP contribution in [0.5, 0.6) is 0 Å². The number of carbonyl (C=O) groups excluding carboxylic acids is 3. The van der Waals surface area contributed by atoms with Gasteiger partial charge in [0, 0.05) is 18.8 Å². The fraction of sp³-hybridized carbons (Fsp3) is 0.273. The second kappa shape index (κ2) is 6.74. The molecule has 1 unspecified atom stereocenters. The number of hydrogen-bond donors (Lipinski definition) is 1. The van der Waals surface area contributed by atoms with E-state index in [0.29, 0.717) is 35.5 Å². The van der Waals surface area contributed by atoms with Crippen LogP contribution >= 0.6 is 0 Å². The quantitative estimate of drug-likeness (QED) is 0.815. The number of benzene rings is 2. The van der Waals surface area contributed by atoms with E-state index >= 15 is 0 Å². The average molecular weight is 388 g/mol. The summed E-state index contributed by atoms with van der Waals surface area (Å²) in [5, 5.41) is 12.8. The minimum atomic E-state index is -1.12. The highest BCUT2D eigenvalue weighted by atomic mass is 16.2. The standard InChI is InChI=1S/C22H20N4O3/c1-3-25-11-14-8-9-15(10-18(14)24-21(25)29)22(2,12-23)13-26-19(27)16-6-4-5-7-17(16)20(26)28/h4-10H,3,11,13H2,1-2H3,(H,24,29). The maximum Gasteiger partial charge on any atom is 0.322 e. The molecular formula is C22H20N4O3. The Morgan fingerprint density at radius 1 is 1.10 bits per heavy atom. The molecule has 2 aromatic carbocycles. The molecule has 0 aliphatic carbocycles. The lowest BCUT2D eigenvalue weighted by Crippen LogP contribution is -2.42. The minimum absolute atomic E-state index is 0.0658. The molecule has 0 aromatic heterocycles. The summed E-state index contributed by atoms with van der Waals surface area (Å²) in [7, 11) is 0. The first-order valence-electron chi connectivity index (χ1n) is 9.44. The summed E-state index contributed by atoms with van der Waals surface area (Å²) in [5.74, 6) is -0.783. The molecule has 146 valence electrons. The summed E-state index contributed by atoms with van der Waals surface area (Å²) < 4.78 is 0. The van der Waals surface area contributed by atoms with E-state index in [1.165, 1.54) is 0 Å². The Kier molecular flexibility index (Phi) is 4.35. The number of nitrogens with one attached hydrogen (secondary N) is 1. The first-order chi connectivity index (χ1) is 13.9. The number of fused-ring (bicyclic) bond motifs is 2. The maximum atomic E-state index is 12.7.